The van der Waals surface area contributed by atoms with Crippen LogP contribution in [0.25, 0.3) is 5.69 Å². The molecule has 0 saturated heterocycles. The van der Waals surface area contributed by atoms with Crippen LogP contribution in [-0.2, 0) is 4.74 Å². The van der Waals surface area contributed by atoms with Crippen molar-refractivity contribution in [2.45, 2.75) is 6.92 Å². The molecule has 2 aromatic heterocycles. The summed E-state index contributed by atoms with van der Waals surface area (Å²) in [6, 6.07) is 11.2. The first-order valence-electron chi connectivity index (χ1n) is 8.04. The molecule has 0 bridgehead atoms. The number of anilines is 1. The average Bonchev–Trinajstić information content (AvgIpc) is 3.14. The van der Waals surface area contributed by atoms with Gasteiger partial charge in [0.05, 0.1) is 30.4 Å². The average molecular weight is 353 g/mol. The number of hydrogen-bond acceptors (Lipinski definition) is 6. The van der Waals surface area contributed by atoms with Gasteiger partial charge < -0.3 is 14.8 Å². The number of ether oxygens (including phenoxy) is 2. The summed E-state index contributed by atoms with van der Waals surface area (Å²) in [7, 11) is 1.60. The molecule has 0 unspecified atom stereocenters. The number of pyridine rings is 1. The van der Waals surface area contributed by atoms with Crippen molar-refractivity contribution in [1.82, 2.24) is 20.0 Å². The maximum Gasteiger partial charge on any atom is 0.277 e. The molecule has 1 amide bonds. The monoisotopic (exact) mass is 353 g/mol. The first kappa shape index (κ1) is 17.6. The third kappa shape index (κ3) is 4.42. The lowest BCUT2D eigenvalue weighted by Crippen LogP contribution is -2.12. The molecule has 0 radical (unpaired) electrons. The molecule has 3 rings (SSSR count). The number of aryl methyl sites for hydroxylation is 1. The second kappa shape index (κ2) is 8.21. The van der Waals surface area contributed by atoms with Crippen LogP contribution in [0.3, 0.4) is 0 Å². The minimum Gasteiger partial charge on any atom is -0.475 e. The van der Waals surface area contributed by atoms with E-state index in [-0.39, 0.29) is 11.6 Å². The van der Waals surface area contributed by atoms with Crippen molar-refractivity contribution in [1.29, 1.82) is 0 Å². The lowest BCUT2D eigenvalue weighted by molar-refractivity contribution is 0.102. The molecule has 8 heteroatoms. The van der Waals surface area contributed by atoms with Gasteiger partial charge in [-0.3, -0.25) is 4.79 Å². The van der Waals surface area contributed by atoms with E-state index in [0.717, 1.165) is 11.3 Å². The maximum atomic E-state index is 12.3. The molecule has 8 nitrogen and oxygen atoms in total. The van der Waals surface area contributed by atoms with Gasteiger partial charge in [-0.25, -0.2) is 9.67 Å². The van der Waals surface area contributed by atoms with Crippen molar-refractivity contribution >= 4 is 11.6 Å². The highest BCUT2D eigenvalue weighted by atomic mass is 16.5. The summed E-state index contributed by atoms with van der Waals surface area (Å²) in [5, 5.41) is 10.6. The van der Waals surface area contributed by atoms with Gasteiger partial charge in [0.2, 0.25) is 5.88 Å². The first-order valence-corrected chi connectivity index (χ1v) is 8.04. The fraction of sp³-hybridized carbons (Fsp3) is 0.222. The molecule has 0 aliphatic heterocycles. The Bertz CT molecular complexity index is 859. The fourth-order valence-electron chi connectivity index (χ4n) is 2.16. The Labute approximate surface area is 150 Å². The molecule has 0 spiro atoms. The Morgan fingerprint density at radius 1 is 1.15 bits per heavy atom. The number of carbonyl (C=O) groups excluding carboxylic acids is 1. The van der Waals surface area contributed by atoms with Crippen molar-refractivity contribution < 1.29 is 14.3 Å². The van der Waals surface area contributed by atoms with E-state index < -0.39 is 0 Å². The van der Waals surface area contributed by atoms with Gasteiger partial charge in [0.25, 0.3) is 5.91 Å². The van der Waals surface area contributed by atoms with Crippen LogP contribution in [0.1, 0.15) is 16.1 Å². The standard InChI is InChI=1S/C18H19N5O3/c1-13-3-6-15(7-4-13)23-12-16(21-22-23)18(24)20-14-5-8-17(19-11-14)26-10-9-25-2/h3-8,11-12H,9-10H2,1-2H3,(H,20,24). The van der Waals surface area contributed by atoms with E-state index in [0.29, 0.717) is 24.8 Å². The van der Waals surface area contributed by atoms with E-state index in [9.17, 15) is 4.79 Å². The Hall–Kier alpha value is -3.26. The van der Waals surface area contributed by atoms with Crippen LogP contribution in [0.15, 0.2) is 48.8 Å². The van der Waals surface area contributed by atoms with Gasteiger partial charge in [-0.2, -0.15) is 0 Å². The normalized spacial score (nSPS) is 10.5. The van der Waals surface area contributed by atoms with E-state index in [1.807, 2.05) is 31.2 Å². The van der Waals surface area contributed by atoms with Crippen LogP contribution in [0.5, 0.6) is 5.88 Å². The van der Waals surface area contributed by atoms with E-state index >= 15 is 0 Å². The number of nitrogens with one attached hydrogen (secondary N) is 1. The summed E-state index contributed by atoms with van der Waals surface area (Å²) < 4.78 is 11.8. The topological polar surface area (TPSA) is 91.2 Å². The lowest BCUT2D eigenvalue weighted by Gasteiger charge is -2.06. The Morgan fingerprint density at radius 2 is 1.96 bits per heavy atom. The summed E-state index contributed by atoms with van der Waals surface area (Å²) in [5.41, 5.74) is 2.74. The second-order valence-corrected chi connectivity index (χ2v) is 5.56. The van der Waals surface area contributed by atoms with Crippen molar-refractivity contribution in [2.75, 3.05) is 25.6 Å². The van der Waals surface area contributed by atoms with Gasteiger partial charge in [0.1, 0.15) is 6.61 Å². The van der Waals surface area contributed by atoms with Crippen LogP contribution in [0, 0.1) is 6.92 Å². The molecule has 0 saturated carbocycles. The lowest BCUT2D eigenvalue weighted by atomic mass is 10.2. The minimum absolute atomic E-state index is 0.214. The van der Waals surface area contributed by atoms with Gasteiger partial charge >= 0.3 is 0 Å². The number of nitrogens with zero attached hydrogens (tertiary/aromatic N) is 4. The zero-order valence-electron chi connectivity index (χ0n) is 14.5. The smallest absolute Gasteiger partial charge is 0.277 e. The Morgan fingerprint density at radius 3 is 2.65 bits per heavy atom. The molecule has 2 heterocycles. The first-order chi connectivity index (χ1) is 12.7. The van der Waals surface area contributed by atoms with Crippen molar-refractivity contribution in [2.24, 2.45) is 0 Å². The zero-order chi connectivity index (χ0) is 18.4. The van der Waals surface area contributed by atoms with Crippen molar-refractivity contribution in [3.8, 4) is 11.6 Å². The Kier molecular flexibility index (Phi) is 5.55. The van der Waals surface area contributed by atoms with Crippen LogP contribution in [0.2, 0.25) is 0 Å². The van der Waals surface area contributed by atoms with E-state index in [1.54, 1.807) is 30.1 Å². The molecule has 134 valence electrons. The highest BCUT2D eigenvalue weighted by Crippen LogP contribution is 2.13. The third-order valence-corrected chi connectivity index (χ3v) is 3.56. The van der Waals surface area contributed by atoms with Crippen LogP contribution in [-0.4, -0.2) is 46.2 Å². The molecule has 0 aliphatic rings. The van der Waals surface area contributed by atoms with Gasteiger partial charge in [-0.15, -0.1) is 5.10 Å². The molecule has 3 aromatic rings. The number of amides is 1. The summed E-state index contributed by atoms with van der Waals surface area (Å²) >= 11 is 0. The predicted octanol–water partition coefficient (Wildman–Crippen LogP) is 2.25. The molecule has 1 N–H and O–H groups in total. The molecular formula is C18H19N5O3. The molecule has 0 fully saturated rings. The molecular weight excluding hydrogens is 334 g/mol. The molecule has 1 aromatic carbocycles. The number of benzene rings is 1. The number of methoxy groups -OCH3 is 1. The SMILES string of the molecule is COCCOc1ccc(NC(=O)c2cn(-c3ccc(C)cc3)nn2)cn1. The van der Waals surface area contributed by atoms with Gasteiger partial charge in [-0.05, 0) is 25.1 Å². The summed E-state index contributed by atoms with van der Waals surface area (Å²) in [5.74, 6) is 0.101. The summed E-state index contributed by atoms with van der Waals surface area (Å²) in [6.07, 6.45) is 3.10. The van der Waals surface area contributed by atoms with Crippen molar-refractivity contribution in [3.63, 3.8) is 0 Å². The van der Waals surface area contributed by atoms with Crippen LogP contribution in [0.4, 0.5) is 5.69 Å². The van der Waals surface area contributed by atoms with Gasteiger partial charge in [0.15, 0.2) is 5.69 Å². The van der Waals surface area contributed by atoms with Crippen molar-refractivity contribution in [3.05, 3.63) is 60.0 Å². The number of carbonyl (C=O) groups is 1. The van der Waals surface area contributed by atoms with E-state index in [2.05, 4.69) is 20.6 Å². The maximum absolute atomic E-state index is 12.3. The highest BCUT2D eigenvalue weighted by molar-refractivity contribution is 6.02. The summed E-state index contributed by atoms with van der Waals surface area (Å²) in [6.45, 7) is 2.90. The van der Waals surface area contributed by atoms with Gasteiger partial charge in [-0.1, -0.05) is 22.9 Å². The Balaban J connectivity index is 1.62. The predicted molar refractivity (Wildman–Crippen MR) is 95.7 cm³/mol. The number of hydrogen-bond donors (Lipinski definition) is 1. The van der Waals surface area contributed by atoms with Crippen LogP contribution >= 0.6 is 0 Å². The summed E-state index contributed by atoms with van der Waals surface area (Å²) in [4.78, 5) is 16.4. The van der Waals surface area contributed by atoms with E-state index in [1.165, 1.54) is 6.20 Å². The number of aromatic nitrogens is 4. The fourth-order valence-corrected chi connectivity index (χ4v) is 2.16. The minimum atomic E-state index is -0.363. The quantitative estimate of drug-likeness (QED) is 0.655. The third-order valence-electron chi connectivity index (χ3n) is 3.56. The van der Waals surface area contributed by atoms with Crippen LogP contribution < -0.4 is 10.1 Å². The molecule has 0 atom stereocenters. The van der Waals surface area contributed by atoms with E-state index in [4.69, 9.17) is 9.47 Å². The zero-order valence-corrected chi connectivity index (χ0v) is 14.5. The van der Waals surface area contributed by atoms with Gasteiger partial charge in [0, 0.05) is 13.2 Å². The molecule has 26 heavy (non-hydrogen) atoms. The second-order valence-electron chi connectivity index (χ2n) is 5.56. The highest BCUT2D eigenvalue weighted by Gasteiger charge is 2.12. The molecule has 0 aliphatic carbocycles. The largest absolute Gasteiger partial charge is 0.475 e. The number of rotatable bonds is 7.